The summed E-state index contributed by atoms with van der Waals surface area (Å²) >= 11 is 0. The van der Waals surface area contributed by atoms with Crippen molar-refractivity contribution in [2.75, 3.05) is 0 Å². The fourth-order valence-electron chi connectivity index (χ4n) is 1.60. The Morgan fingerprint density at radius 1 is 1.38 bits per heavy atom. The molecule has 0 aliphatic heterocycles. The number of hydrogen-bond donors (Lipinski definition) is 1. The van der Waals surface area contributed by atoms with Crippen molar-refractivity contribution in [2.45, 2.75) is 12.7 Å². The van der Waals surface area contributed by atoms with Gasteiger partial charge in [0.25, 0.3) is 5.91 Å². The quantitative estimate of drug-likeness (QED) is 0.881. The van der Waals surface area contributed by atoms with Crippen molar-refractivity contribution < 1.29 is 22.4 Å². The summed E-state index contributed by atoms with van der Waals surface area (Å²) < 4.78 is 52.7. The van der Waals surface area contributed by atoms with Crippen LogP contribution in [0.1, 0.15) is 21.7 Å². The maximum Gasteiger partial charge on any atom is 0.416 e. The van der Waals surface area contributed by atoms with Gasteiger partial charge >= 0.3 is 6.18 Å². The first-order chi connectivity index (χ1) is 9.79. The first-order valence-electron chi connectivity index (χ1n) is 5.77. The first-order valence-corrected chi connectivity index (χ1v) is 5.77. The minimum Gasteiger partial charge on any atom is -0.345 e. The molecule has 0 spiro atoms. The average Bonchev–Trinajstić information content (AvgIpc) is 2.80. The van der Waals surface area contributed by atoms with Gasteiger partial charge in [0, 0.05) is 7.05 Å². The van der Waals surface area contributed by atoms with Gasteiger partial charge in [-0.05, 0) is 18.2 Å². The number of hydrogen-bond acceptors (Lipinski definition) is 3. The number of rotatable bonds is 3. The minimum atomic E-state index is -4.65. The monoisotopic (exact) mass is 302 g/mol. The van der Waals surface area contributed by atoms with Crippen LogP contribution in [0.15, 0.2) is 24.5 Å². The number of carbonyl (C=O) groups is 1. The zero-order valence-corrected chi connectivity index (χ0v) is 10.8. The number of aryl methyl sites for hydroxylation is 1. The first kappa shape index (κ1) is 14.9. The molecule has 2 aromatic rings. The lowest BCUT2D eigenvalue weighted by atomic mass is 10.1. The highest BCUT2D eigenvalue weighted by molar-refractivity contribution is 5.94. The van der Waals surface area contributed by atoms with Gasteiger partial charge in [-0.3, -0.25) is 4.79 Å². The van der Waals surface area contributed by atoms with Crippen LogP contribution in [0.4, 0.5) is 17.6 Å². The van der Waals surface area contributed by atoms with Crippen molar-refractivity contribution in [3.05, 3.63) is 47.3 Å². The van der Waals surface area contributed by atoms with Crippen molar-refractivity contribution in [2.24, 2.45) is 7.05 Å². The van der Waals surface area contributed by atoms with E-state index in [1.165, 1.54) is 10.9 Å². The average molecular weight is 302 g/mol. The number of amides is 1. The van der Waals surface area contributed by atoms with Crippen LogP contribution in [0.3, 0.4) is 0 Å². The van der Waals surface area contributed by atoms with Crippen LogP contribution in [0.5, 0.6) is 0 Å². The lowest BCUT2D eigenvalue weighted by Gasteiger charge is -2.10. The van der Waals surface area contributed by atoms with Crippen molar-refractivity contribution in [3.8, 4) is 0 Å². The Balaban J connectivity index is 2.17. The summed E-state index contributed by atoms with van der Waals surface area (Å²) in [7, 11) is 1.63. The number of carbonyl (C=O) groups excluding carboxylic acids is 1. The molecule has 0 aliphatic carbocycles. The smallest absolute Gasteiger partial charge is 0.345 e. The van der Waals surface area contributed by atoms with E-state index in [0.717, 1.165) is 0 Å². The summed E-state index contributed by atoms with van der Waals surface area (Å²) in [6.45, 7) is -0.0784. The van der Waals surface area contributed by atoms with E-state index < -0.39 is 29.0 Å². The molecule has 0 unspecified atom stereocenters. The molecule has 5 nitrogen and oxygen atoms in total. The summed E-state index contributed by atoms with van der Waals surface area (Å²) in [5.74, 6) is -1.60. The Kier molecular flexibility index (Phi) is 3.92. The normalized spacial score (nSPS) is 11.5. The standard InChI is InChI=1S/C12H10F4N4O/c1-20-6-18-19-10(20)5-17-11(21)8-4-7(12(14,15)16)2-3-9(8)13/h2-4,6H,5H2,1H3,(H,17,21). The molecular weight excluding hydrogens is 292 g/mol. The number of aromatic nitrogens is 3. The van der Waals surface area contributed by atoms with Crippen LogP contribution < -0.4 is 5.32 Å². The van der Waals surface area contributed by atoms with E-state index in [2.05, 4.69) is 15.5 Å². The summed E-state index contributed by atoms with van der Waals surface area (Å²) in [4.78, 5) is 11.8. The molecule has 0 saturated carbocycles. The third-order valence-electron chi connectivity index (χ3n) is 2.75. The van der Waals surface area contributed by atoms with Gasteiger partial charge in [0.2, 0.25) is 0 Å². The molecule has 1 heterocycles. The van der Waals surface area contributed by atoms with E-state index in [0.29, 0.717) is 24.0 Å². The highest BCUT2D eigenvalue weighted by atomic mass is 19.4. The van der Waals surface area contributed by atoms with Gasteiger partial charge in [-0.15, -0.1) is 10.2 Å². The predicted octanol–water partition coefficient (Wildman–Crippen LogP) is 1.90. The van der Waals surface area contributed by atoms with Crippen LogP contribution in [-0.4, -0.2) is 20.7 Å². The van der Waals surface area contributed by atoms with Crippen molar-refractivity contribution in [1.82, 2.24) is 20.1 Å². The van der Waals surface area contributed by atoms with Gasteiger partial charge in [0.05, 0.1) is 17.7 Å². The fourth-order valence-corrected chi connectivity index (χ4v) is 1.60. The van der Waals surface area contributed by atoms with Crippen molar-refractivity contribution >= 4 is 5.91 Å². The molecular formula is C12H10F4N4O. The summed E-state index contributed by atoms with van der Waals surface area (Å²) in [6, 6.07) is 1.66. The molecule has 0 aliphatic rings. The topological polar surface area (TPSA) is 59.8 Å². The van der Waals surface area contributed by atoms with E-state index in [-0.39, 0.29) is 6.54 Å². The van der Waals surface area contributed by atoms with Gasteiger partial charge < -0.3 is 9.88 Å². The van der Waals surface area contributed by atoms with Gasteiger partial charge in [0.1, 0.15) is 12.1 Å². The van der Waals surface area contributed by atoms with Gasteiger partial charge in [-0.1, -0.05) is 0 Å². The third-order valence-corrected chi connectivity index (χ3v) is 2.75. The lowest BCUT2D eigenvalue weighted by Crippen LogP contribution is -2.25. The zero-order chi connectivity index (χ0) is 15.6. The number of alkyl halides is 3. The molecule has 21 heavy (non-hydrogen) atoms. The molecule has 1 amide bonds. The second kappa shape index (κ2) is 5.51. The molecule has 112 valence electrons. The van der Waals surface area contributed by atoms with E-state index >= 15 is 0 Å². The van der Waals surface area contributed by atoms with Crippen LogP contribution in [0, 0.1) is 5.82 Å². The van der Waals surface area contributed by atoms with Gasteiger partial charge in [0.15, 0.2) is 5.82 Å². The van der Waals surface area contributed by atoms with E-state index in [4.69, 9.17) is 0 Å². The van der Waals surface area contributed by atoms with E-state index in [1.807, 2.05) is 0 Å². The Labute approximate surface area is 116 Å². The summed E-state index contributed by atoms with van der Waals surface area (Å²) in [6.07, 6.45) is -3.25. The SMILES string of the molecule is Cn1cnnc1CNC(=O)c1cc(C(F)(F)F)ccc1F. The van der Waals surface area contributed by atoms with Crippen molar-refractivity contribution in [1.29, 1.82) is 0 Å². The largest absolute Gasteiger partial charge is 0.416 e. The molecule has 9 heteroatoms. The zero-order valence-electron chi connectivity index (χ0n) is 10.8. The van der Waals surface area contributed by atoms with Crippen LogP contribution >= 0.6 is 0 Å². The third kappa shape index (κ3) is 3.36. The molecule has 0 saturated heterocycles. The number of nitrogens with zero attached hydrogens (tertiary/aromatic N) is 3. The van der Waals surface area contributed by atoms with E-state index in [9.17, 15) is 22.4 Å². The highest BCUT2D eigenvalue weighted by Crippen LogP contribution is 2.30. The Hall–Kier alpha value is -2.45. The van der Waals surface area contributed by atoms with Crippen LogP contribution in [-0.2, 0) is 19.8 Å². The lowest BCUT2D eigenvalue weighted by molar-refractivity contribution is -0.137. The minimum absolute atomic E-state index is 0.0784. The Morgan fingerprint density at radius 2 is 2.10 bits per heavy atom. The fraction of sp³-hybridized carbons (Fsp3) is 0.250. The number of halogens is 4. The maximum absolute atomic E-state index is 13.5. The molecule has 1 aromatic carbocycles. The molecule has 1 N–H and O–H groups in total. The number of nitrogens with one attached hydrogen (secondary N) is 1. The number of benzene rings is 1. The second-order valence-corrected chi connectivity index (χ2v) is 4.23. The molecule has 0 bridgehead atoms. The summed E-state index contributed by atoms with van der Waals surface area (Å²) in [5, 5.41) is 9.55. The maximum atomic E-state index is 13.5. The molecule has 1 aromatic heterocycles. The molecule has 0 fully saturated rings. The van der Waals surface area contributed by atoms with Crippen LogP contribution in [0.2, 0.25) is 0 Å². The predicted molar refractivity (Wildman–Crippen MR) is 63.6 cm³/mol. The van der Waals surface area contributed by atoms with E-state index in [1.54, 1.807) is 7.05 Å². The van der Waals surface area contributed by atoms with Gasteiger partial charge in [-0.2, -0.15) is 13.2 Å². The van der Waals surface area contributed by atoms with Gasteiger partial charge in [-0.25, -0.2) is 4.39 Å². The second-order valence-electron chi connectivity index (χ2n) is 4.23. The highest BCUT2D eigenvalue weighted by Gasteiger charge is 2.31. The molecule has 0 atom stereocenters. The van der Waals surface area contributed by atoms with Crippen LogP contribution in [0.25, 0.3) is 0 Å². The Morgan fingerprint density at radius 3 is 2.67 bits per heavy atom. The molecule has 2 rings (SSSR count). The Bertz CT molecular complexity index is 666. The van der Waals surface area contributed by atoms with Crippen molar-refractivity contribution in [3.63, 3.8) is 0 Å². The summed E-state index contributed by atoms with van der Waals surface area (Å²) in [5.41, 5.74) is -1.76. The molecule has 0 radical (unpaired) electrons.